The number of phenolic OH excluding ortho intramolecular Hbond substituents is 1. The van der Waals surface area contributed by atoms with Crippen molar-refractivity contribution in [3.8, 4) is 5.75 Å². The molecule has 0 fully saturated rings. The molecule has 1 aromatic heterocycles. The Morgan fingerprint density at radius 1 is 1.35 bits per heavy atom. The van der Waals surface area contributed by atoms with Gasteiger partial charge in [0.1, 0.15) is 17.9 Å². The normalized spacial score (nSPS) is 12.2. The third-order valence-electron chi connectivity index (χ3n) is 2.44. The minimum Gasteiger partial charge on any atom is -0.508 e. The molecule has 3 N–H and O–H groups in total. The van der Waals surface area contributed by atoms with Gasteiger partial charge in [-0.2, -0.15) is 5.10 Å². The molecule has 0 aliphatic heterocycles. The molecule has 0 saturated heterocycles. The van der Waals surface area contributed by atoms with Crippen LogP contribution in [0.1, 0.15) is 23.7 Å². The summed E-state index contributed by atoms with van der Waals surface area (Å²) in [4.78, 5) is 14.8. The Labute approximate surface area is 97.0 Å². The molecule has 17 heavy (non-hydrogen) atoms. The molecule has 0 aliphatic carbocycles. The van der Waals surface area contributed by atoms with Gasteiger partial charge < -0.3 is 10.2 Å². The minimum absolute atomic E-state index is 0.0834. The number of nitrogens with one attached hydrogen (secondary N) is 1. The molecular weight excluding hydrogens is 222 g/mol. The number of aromatic nitrogens is 3. The van der Waals surface area contributed by atoms with E-state index in [1.165, 1.54) is 18.5 Å². The molecular formula is C11H11N3O3. The number of carbonyl (C=O) groups is 1. The van der Waals surface area contributed by atoms with Gasteiger partial charge in [0, 0.05) is 0 Å². The van der Waals surface area contributed by atoms with E-state index < -0.39 is 11.9 Å². The van der Waals surface area contributed by atoms with Crippen molar-refractivity contribution in [2.45, 2.75) is 12.3 Å². The van der Waals surface area contributed by atoms with Crippen LogP contribution >= 0.6 is 0 Å². The Bertz CT molecular complexity index is 493. The molecule has 1 aromatic carbocycles. The SMILES string of the molecule is O=C(O)C[C@@H](c1ccc(O)cc1)c1ncn[nH]1. The predicted octanol–water partition coefficient (Wildman–Crippen LogP) is 1.12. The molecule has 0 radical (unpaired) electrons. The van der Waals surface area contributed by atoms with Crippen molar-refractivity contribution in [2.75, 3.05) is 0 Å². The Hall–Kier alpha value is -2.37. The van der Waals surface area contributed by atoms with E-state index in [0.29, 0.717) is 5.82 Å². The van der Waals surface area contributed by atoms with Crippen LogP contribution < -0.4 is 0 Å². The van der Waals surface area contributed by atoms with E-state index in [-0.39, 0.29) is 12.2 Å². The highest BCUT2D eigenvalue weighted by Crippen LogP contribution is 2.26. The first-order valence-electron chi connectivity index (χ1n) is 5.03. The zero-order chi connectivity index (χ0) is 12.3. The van der Waals surface area contributed by atoms with Gasteiger partial charge in [0.05, 0.1) is 12.3 Å². The summed E-state index contributed by atoms with van der Waals surface area (Å²) in [6.45, 7) is 0. The molecule has 0 amide bonds. The van der Waals surface area contributed by atoms with E-state index in [1.54, 1.807) is 12.1 Å². The topological polar surface area (TPSA) is 99.1 Å². The lowest BCUT2D eigenvalue weighted by Crippen LogP contribution is -2.09. The second kappa shape index (κ2) is 4.65. The monoisotopic (exact) mass is 233 g/mol. The lowest BCUT2D eigenvalue weighted by Gasteiger charge is -2.12. The summed E-state index contributed by atoms with van der Waals surface area (Å²) in [6, 6.07) is 6.37. The van der Waals surface area contributed by atoms with E-state index in [2.05, 4.69) is 15.2 Å². The Morgan fingerprint density at radius 3 is 2.59 bits per heavy atom. The maximum absolute atomic E-state index is 10.8. The third-order valence-corrected chi connectivity index (χ3v) is 2.44. The van der Waals surface area contributed by atoms with Gasteiger partial charge >= 0.3 is 5.97 Å². The van der Waals surface area contributed by atoms with Crippen molar-refractivity contribution >= 4 is 5.97 Å². The van der Waals surface area contributed by atoms with Gasteiger partial charge in [0.2, 0.25) is 0 Å². The molecule has 6 nitrogen and oxygen atoms in total. The van der Waals surface area contributed by atoms with Crippen LogP contribution in [0.5, 0.6) is 5.75 Å². The summed E-state index contributed by atoms with van der Waals surface area (Å²) in [5.41, 5.74) is 0.766. The number of carboxylic acid groups (broad SMARTS) is 1. The van der Waals surface area contributed by atoms with Gasteiger partial charge in [0.25, 0.3) is 0 Å². The van der Waals surface area contributed by atoms with E-state index in [4.69, 9.17) is 5.11 Å². The fourth-order valence-electron chi connectivity index (χ4n) is 1.64. The van der Waals surface area contributed by atoms with Crippen LogP contribution in [0.25, 0.3) is 0 Å². The summed E-state index contributed by atoms with van der Waals surface area (Å²) in [5, 5.41) is 24.5. The predicted molar refractivity (Wildman–Crippen MR) is 58.6 cm³/mol. The molecule has 2 aromatic rings. The molecule has 2 rings (SSSR count). The maximum Gasteiger partial charge on any atom is 0.304 e. The zero-order valence-electron chi connectivity index (χ0n) is 8.87. The molecule has 88 valence electrons. The smallest absolute Gasteiger partial charge is 0.304 e. The summed E-state index contributed by atoms with van der Waals surface area (Å²) in [7, 11) is 0. The number of phenols is 1. The molecule has 0 unspecified atom stereocenters. The molecule has 0 saturated carbocycles. The summed E-state index contributed by atoms with van der Waals surface area (Å²) in [6.07, 6.45) is 1.25. The zero-order valence-corrected chi connectivity index (χ0v) is 8.87. The second-order valence-electron chi connectivity index (χ2n) is 3.61. The van der Waals surface area contributed by atoms with Crippen molar-refractivity contribution in [1.29, 1.82) is 0 Å². The number of nitrogens with zero attached hydrogens (tertiary/aromatic N) is 2. The maximum atomic E-state index is 10.8. The van der Waals surface area contributed by atoms with Crippen LogP contribution in [0.4, 0.5) is 0 Å². The standard InChI is InChI=1S/C11H11N3O3/c15-8-3-1-7(2-4-8)9(5-10(16)17)11-12-6-13-14-11/h1-4,6,9,15H,5H2,(H,16,17)(H,12,13,14)/t9-/m0/s1. The molecule has 1 atom stereocenters. The van der Waals surface area contributed by atoms with Crippen LogP contribution in [0, 0.1) is 0 Å². The number of carboxylic acids is 1. The van der Waals surface area contributed by atoms with Crippen LogP contribution in [-0.2, 0) is 4.79 Å². The number of aromatic hydroxyl groups is 1. The summed E-state index contributed by atoms with van der Waals surface area (Å²) >= 11 is 0. The first-order valence-corrected chi connectivity index (χ1v) is 5.03. The van der Waals surface area contributed by atoms with Crippen molar-refractivity contribution in [1.82, 2.24) is 15.2 Å². The van der Waals surface area contributed by atoms with Gasteiger partial charge in [-0.1, -0.05) is 12.1 Å². The fourth-order valence-corrected chi connectivity index (χ4v) is 1.64. The third kappa shape index (κ3) is 2.60. The van der Waals surface area contributed by atoms with Gasteiger partial charge in [-0.3, -0.25) is 9.89 Å². The highest BCUT2D eigenvalue weighted by Gasteiger charge is 2.20. The lowest BCUT2D eigenvalue weighted by atomic mass is 9.95. The Kier molecular flexibility index (Phi) is 3.04. The second-order valence-corrected chi connectivity index (χ2v) is 3.61. The van der Waals surface area contributed by atoms with E-state index in [9.17, 15) is 9.90 Å². The van der Waals surface area contributed by atoms with Gasteiger partial charge in [-0.15, -0.1) is 0 Å². The number of benzene rings is 1. The molecule has 0 spiro atoms. The Balaban J connectivity index is 2.33. The summed E-state index contributed by atoms with van der Waals surface area (Å²) < 4.78 is 0. The van der Waals surface area contributed by atoms with Crippen molar-refractivity contribution in [3.05, 3.63) is 42.0 Å². The molecule has 0 bridgehead atoms. The van der Waals surface area contributed by atoms with E-state index in [1.807, 2.05) is 0 Å². The first-order chi connectivity index (χ1) is 8.16. The van der Waals surface area contributed by atoms with Crippen LogP contribution in [-0.4, -0.2) is 31.4 Å². The first kappa shape index (κ1) is 11.1. The minimum atomic E-state index is -0.917. The molecule has 6 heteroatoms. The quantitative estimate of drug-likeness (QED) is 0.734. The van der Waals surface area contributed by atoms with Crippen molar-refractivity contribution < 1.29 is 15.0 Å². The number of aliphatic carboxylic acids is 1. The molecule has 1 heterocycles. The largest absolute Gasteiger partial charge is 0.508 e. The Morgan fingerprint density at radius 2 is 2.06 bits per heavy atom. The number of hydrogen-bond donors (Lipinski definition) is 3. The van der Waals surface area contributed by atoms with Gasteiger partial charge in [-0.05, 0) is 17.7 Å². The lowest BCUT2D eigenvalue weighted by molar-refractivity contribution is -0.137. The number of H-pyrrole nitrogens is 1. The number of hydrogen-bond acceptors (Lipinski definition) is 4. The average molecular weight is 233 g/mol. The highest BCUT2D eigenvalue weighted by molar-refractivity contribution is 5.68. The van der Waals surface area contributed by atoms with Crippen molar-refractivity contribution in [3.63, 3.8) is 0 Å². The van der Waals surface area contributed by atoms with E-state index >= 15 is 0 Å². The highest BCUT2D eigenvalue weighted by atomic mass is 16.4. The molecule has 0 aliphatic rings. The van der Waals surface area contributed by atoms with Crippen LogP contribution in [0.2, 0.25) is 0 Å². The van der Waals surface area contributed by atoms with Gasteiger partial charge in [0.15, 0.2) is 0 Å². The number of rotatable bonds is 4. The number of aromatic amines is 1. The fraction of sp³-hybridized carbons (Fsp3) is 0.182. The van der Waals surface area contributed by atoms with E-state index in [0.717, 1.165) is 5.56 Å². The summed E-state index contributed by atoms with van der Waals surface area (Å²) in [5.74, 6) is -0.673. The van der Waals surface area contributed by atoms with Crippen LogP contribution in [0.15, 0.2) is 30.6 Å². The average Bonchev–Trinajstić information content (AvgIpc) is 2.80. The van der Waals surface area contributed by atoms with Crippen molar-refractivity contribution in [2.24, 2.45) is 0 Å². The van der Waals surface area contributed by atoms with Crippen LogP contribution in [0.3, 0.4) is 0 Å². The van der Waals surface area contributed by atoms with Gasteiger partial charge in [-0.25, -0.2) is 4.98 Å².